The predicted molar refractivity (Wildman–Crippen MR) is 91.1 cm³/mol. The molecule has 3 heterocycles. The fraction of sp³-hybridized carbons (Fsp3) is 0.200. The van der Waals surface area contributed by atoms with Crippen LogP contribution in [0.25, 0.3) is 11.0 Å². The van der Waals surface area contributed by atoms with Gasteiger partial charge < -0.3 is 15.8 Å². The molecule has 1 atom stereocenters. The molecule has 24 heavy (non-hydrogen) atoms. The van der Waals surface area contributed by atoms with Crippen LogP contribution in [0, 0.1) is 6.92 Å². The minimum Gasteiger partial charge on any atom is -0.387 e. The summed E-state index contributed by atoms with van der Waals surface area (Å²) >= 11 is 7.54. The number of carbonyl (C=O) groups excluding carboxylic acids is 1. The maximum atomic E-state index is 11.2. The first kappa shape index (κ1) is 16.7. The fourth-order valence-corrected chi connectivity index (χ4v) is 3.53. The van der Waals surface area contributed by atoms with Crippen LogP contribution >= 0.6 is 23.4 Å². The van der Waals surface area contributed by atoms with E-state index in [-0.39, 0.29) is 0 Å². The van der Waals surface area contributed by atoms with Gasteiger partial charge in [0.1, 0.15) is 5.65 Å². The van der Waals surface area contributed by atoms with Crippen LogP contribution in [-0.2, 0) is 0 Å². The first-order valence-electron chi connectivity index (χ1n) is 7.03. The molecule has 0 bridgehead atoms. The van der Waals surface area contributed by atoms with Gasteiger partial charge in [-0.15, -0.1) is 0 Å². The van der Waals surface area contributed by atoms with Gasteiger partial charge in [-0.2, -0.15) is 0 Å². The van der Waals surface area contributed by atoms with Crippen LogP contribution in [0.4, 0.5) is 0 Å². The Balaban J connectivity index is 2.02. The highest BCUT2D eigenvalue weighted by Crippen LogP contribution is 2.34. The third kappa shape index (κ3) is 3.08. The molecule has 0 aromatic carbocycles. The molecule has 0 saturated carbocycles. The molecule has 1 amide bonds. The highest BCUT2D eigenvalue weighted by molar-refractivity contribution is 7.99. The van der Waals surface area contributed by atoms with Gasteiger partial charge >= 0.3 is 0 Å². The highest BCUT2D eigenvalue weighted by Gasteiger charge is 2.18. The highest BCUT2D eigenvalue weighted by atomic mass is 35.5. The molecule has 0 saturated heterocycles. The number of amides is 1. The van der Waals surface area contributed by atoms with Crippen LogP contribution in [0.5, 0.6) is 0 Å². The Morgan fingerprint density at radius 2 is 2.17 bits per heavy atom. The number of aryl methyl sites for hydroxylation is 1. The molecular weight excluding hydrogens is 350 g/mol. The Morgan fingerprint density at radius 3 is 2.83 bits per heavy atom. The summed E-state index contributed by atoms with van der Waals surface area (Å²) in [6.07, 6.45) is 2.27. The van der Waals surface area contributed by atoms with E-state index in [9.17, 15) is 9.90 Å². The normalized spacial score (nSPS) is 12.5. The molecule has 0 aliphatic carbocycles. The van der Waals surface area contributed by atoms with E-state index in [1.165, 1.54) is 18.0 Å². The molecule has 7 nitrogen and oxygen atoms in total. The molecule has 0 aliphatic rings. The fourth-order valence-electron chi connectivity index (χ4n) is 2.27. The lowest BCUT2D eigenvalue weighted by molar-refractivity contribution is 0.0999. The van der Waals surface area contributed by atoms with Gasteiger partial charge in [-0.25, -0.2) is 9.97 Å². The maximum absolute atomic E-state index is 11.2. The molecule has 0 fully saturated rings. The summed E-state index contributed by atoms with van der Waals surface area (Å²) in [7, 11) is 0. The number of halogens is 1. The number of H-pyrrole nitrogens is 1. The zero-order chi connectivity index (χ0) is 17.4. The van der Waals surface area contributed by atoms with Crippen molar-refractivity contribution < 1.29 is 9.90 Å². The van der Waals surface area contributed by atoms with Gasteiger partial charge in [0.2, 0.25) is 5.91 Å². The second kappa shape index (κ2) is 6.39. The van der Waals surface area contributed by atoms with E-state index in [1.807, 2.05) is 6.92 Å². The zero-order valence-electron chi connectivity index (χ0n) is 12.9. The van der Waals surface area contributed by atoms with Crippen molar-refractivity contribution in [2.75, 3.05) is 0 Å². The molecule has 0 spiro atoms. The zero-order valence-corrected chi connectivity index (χ0v) is 14.4. The minimum absolute atomic E-state index is 0.317. The van der Waals surface area contributed by atoms with Crippen LogP contribution in [0.1, 0.15) is 34.8 Å². The number of nitrogens with two attached hydrogens (primary N) is 1. The third-order valence-electron chi connectivity index (χ3n) is 3.40. The standard InChI is InChI=1S/C15H14ClN5O2S/c1-6-10-11(16)12(7(2)22)20-14(10)21-15(19-6)24-9-3-8(13(17)23)4-18-5-9/h3-5,7,22H,1-2H3,(H2,17,23)(H,19,20,21). The van der Waals surface area contributed by atoms with Gasteiger partial charge in [0.15, 0.2) is 5.16 Å². The lowest BCUT2D eigenvalue weighted by atomic mass is 10.2. The van der Waals surface area contributed by atoms with Gasteiger partial charge in [-0.1, -0.05) is 11.6 Å². The van der Waals surface area contributed by atoms with Crippen molar-refractivity contribution in [3.8, 4) is 0 Å². The minimum atomic E-state index is -0.737. The number of rotatable bonds is 4. The Kier molecular flexibility index (Phi) is 4.44. The van der Waals surface area contributed by atoms with Crippen molar-refractivity contribution in [2.24, 2.45) is 5.73 Å². The number of pyridine rings is 1. The van der Waals surface area contributed by atoms with E-state index < -0.39 is 12.0 Å². The average Bonchev–Trinajstić information content (AvgIpc) is 2.85. The molecule has 0 aliphatic heterocycles. The number of fused-ring (bicyclic) bond motifs is 1. The number of aliphatic hydroxyl groups excluding tert-OH is 1. The topological polar surface area (TPSA) is 118 Å². The van der Waals surface area contributed by atoms with Crippen molar-refractivity contribution in [1.29, 1.82) is 0 Å². The quantitative estimate of drug-likeness (QED) is 0.613. The summed E-state index contributed by atoms with van der Waals surface area (Å²) in [4.78, 5) is 27.8. The molecule has 3 aromatic rings. The summed E-state index contributed by atoms with van der Waals surface area (Å²) in [6.45, 7) is 3.44. The van der Waals surface area contributed by atoms with Crippen molar-refractivity contribution >= 4 is 40.3 Å². The van der Waals surface area contributed by atoms with Gasteiger partial charge in [-0.3, -0.25) is 9.78 Å². The SMILES string of the molecule is Cc1nc(Sc2cncc(C(N)=O)c2)nc2[nH]c(C(C)O)c(Cl)c12. The third-order valence-corrected chi connectivity index (χ3v) is 4.62. The summed E-state index contributed by atoms with van der Waals surface area (Å²) in [6, 6.07) is 1.63. The van der Waals surface area contributed by atoms with Crippen molar-refractivity contribution in [3.63, 3.8) is 0 Å². The maximum Gasteiger partial charge on any atom is 0.250 e. The van der Waals surface area contributed by atoms with Gasteiger partial charge in [0.05, 0.1) is 33.5 Å². The van der Waals surface area contributed by atoms with E-state index in [4.69, 9.17) is 17.3 Å². The number of primary amides is 1. The smallest absolute Gasteiger partial charge is 0.250 e. The molecule has 0 radical (unpaired) electrons. The molecule has 9 heteroatoms. The molecule has 3 aromatic heterocycles. The number of hydrogen-bond acceptors (Lipinski definition) is 6. The van der Waals surface area contributed by atoms with Crippen molar-refractivity contribution in [3.05, 3.63) is 40.4 Å². The average molecular weight is 364 g/mol. The van der Waals surface area contributed by atoms with Crippen LogP contribution < -0.4 is 5.73 Å². The predicted octanol–water partition coefficient (Wildman–Crippen LogP) is 2.62. The lowest BCUT2D eigenvalue weighted by Crippen LogP contribution is -2.11. The Labute approximate surface area is 146 Å². The van der Waals surface area contributed by atoms with Crippen LogP contribution in [0.3, 0.4) is 0 Å². The Bertz CT molecular complexity index is 941. The van der Waals surface area contributed by atoms with Gasteiger partial charge in [-0.05, 0) is 31.7 Å². The van der Waals surface area contributed by atoms with Gasteiger partial charge in [0.25, 0.3) is 0 Å². The van der Waals surface area contributed by atoms with Crippen molar-refractivity contribution in [1.82, 2.24) is 19.9 Å². The Morgan fingerprint density at radius 1 is 1.42 bits per heavy atom. The second-order valence-corrected chi connectivity index (χ2v) is 6.64. The van der Waals surface area contributed by atoms with Crippen molar-refractivity contribution in [2.45, 2.75) is 30.0 Å². The number of nitrogens with zero attached hydrogens (tertiary/aromatic N) is 3. The first-order chi connectivity index (χ1) is 11.4. The Hall–Kier alpha value is -2.16. The molecule has 4 N–H and O–H groups in total. The van der Waals surface area contributed by atoms with Crippen LogP contribution in [-0.4, -0.2) is 30.9 Å². The second-order valence-electron chi connectivity index (χ2n) is 5.22. The number of nitrogens with one attached hydrogen (secondary N) is 1. The largest absolute Gasteiger partial charge is 0.387 e. The molecule has 124 valence electrons. The van der Waals surface area contributed by atoms with E-state index in [2.05, 4.69) is 19.9 Å². The lowest BCUT2D eigenvalue weighted by Gasteiger charge is -2.03. The van der Waals surface area contributed by atoms with E-state index >= 15 is 0 Å². The monoisotopic (exact) mass is 363 g/mol. The van der Waals surface area contributed by atoms with Crippen LogP contribution in [0.15, 0.2) is 28.5 Å². The first-order valence-corrected chi connectivity index (χ1v) is 8.22. The number of carbonyl (C=O) groups is 1. The number of aromatic amines is 1. The summed E-state index contributed by atoms with van der Waals surface area (Å²) in [5.74, 6) is -0.546. The van der Waals surface area contributed by atoms with E-state index in [0.717, 1.165) is 0 Å². The van der Waals surface area contributed by atoms with Gasteiger partial charge in [0, 0.05) is 17.3 Å². The summed E-state index contributed by atoms with van der Waals surface area (Å²) in [5, 5.41) is 11.3. The summed E-state index contributed by atoms with van der Waals surface area (Å²) in [5.41, 5.74) is 7.32. The van der Waals surface area contributed by atoms with Crippen LogP contribution in [0.2, 0.25) is 5.02 Å². The number of aromatic nitrogens is 4. The number of aliphatic hydroxyl groups is 1. The summed E-state index contributed by atoms with van der Waals surface area (Å²) < 4.78 is 0. The van der Waals surface area contributed by atoms with E-state index in [1.54, 1.807) is 19.2 Å². The molecule has 3 rings (SSSR count). The van der Waals surface area contributed by atoms with E-state index in [0.29, 0.717) is 43.1 Å². The molecule has 1 unspecified atom stereocenters. The molecular formula is C15H14ClN5O2S. The number of hydrogen-bond donors (Lipinski definition) is 3.